The smallest absolute Gasteiger partial charge is 0.432 e. The molecule has 9 heteroatoms. The van der Waals surface area contributed by atoms with Crippen LogP contribution in [-0.2, 0) is 19.1 Å². The SMILES string of the molecule is O=Nc1ccc(OC(=O)OCCOCCN2C(=O)C=CC2=O)cc1. The van der Waals surface area contributed by atoms with Gasteiger partial charge in [0, 0.05) is 12.2 Å². The van der Waals surface area contributed by atoms with Crippen LogP contribution in [0.1, 0.15) is 0 Å². The van der Waals surface area contributed by atoms with Crippen LogP contribution in [0.2, 0.25) is 0 Å². The number of hydrogen-bond donors (Lipinski definition) is 0. The molecular formula is C15H14N2O7. The van der Waals surface area contributed by atoms with E-state index in [1.807, 2.05) is 0 Å². The molecule has 2 amide bonds. The predicted molar refractivity (Wildman–Crippen MR) is 80.6 cm³/mol. The molecule has 0 saturated carbocycles. The van der Waals surface area contributed by atoms with E-state index >= 15 is 0 Å². The zero-order valence-corrected chi connectivity index (χ0v) is 12.5. The van der Waals surface area contributed by atoms with E-state index in [4.69, 9.17) is 14.2 Å². The molecule has 2 rings (SSSR count). The van der Waals surface area contributed by atoms with Crippen LogP contribution in [0.5, 0.6) is 5.75 Å². The van der Waals surface area contributed by atoms with Crippen LogP contribution in [-0.4, -0.2) is 49.2 Å². The molecule has 0 unspecified atom stereocenters. The zero-order valence-electron chi connectivity index (χ0n) is 12.5. The molecule has 1 aliphatic rings. The van der Waals surface area contributed by atoms with Crippen LogP contribution >= 0.6 is 0 Å². The Kier molecular flexibility index (Phi) is 6.15. The normalized spacial score (nSPS) is 13.2. The number of imide groups is 1. The van der Waals surface area contributed by atoms with Crippen molar-refractivity contribution >= 4 is 23.7 Å². The number of nitrogens with zero attached hydrogens (tertiary/aromatic N) is 2. The summed E-state index contributed by atoms with van der Waals surface area (Å²) in [7, 11) is 0. The zero-order chi connectivity index (χ0) is 17.4. The number of ether oxygens (including phenoxy) is 3. The topological polar surface area (TPSA) is 112 Å². The van der Waals surface area contributed by atoms with E-state index in [0.29, 0.717) is 0 Å². The monoisotopic (exact) mass is 334 g/mol. The van der Waals surface area contributed by atoms with Gasteiger partial charge in [-0.1, -0.05) is 0 Å². The van der Waals surface area contributed by atoms with Crippen LogP contribution < -0.4 is 4.74 Å². The summed E-state index contributed by atoms with van der Waals surface area (Å²) in [5.41, 5.74) is 0.217. The highest BCUT2D eigenvalue weighted by Gasteiger charge is 2.22. The van der Waals surface area contributed by atoms with Crippen molar-refractivity contribution in [3.05, 3.63) is 41.3 Å². The first-order valence-corrected chi connectivity index (χ1v) is 6.99. The van der Waals surface area contributed by atoms with Gasteiger partial charge in [-0.15, -0.1) is 4.91 Å². The van der Waals surface area contributed by atoms with Gasteiger partial charge in [-0.05, 0) is 29.4 Å². The molecule has 0 aliphatic carbocycles. The van der Waals surface area contributed by atoms with Crippen molar-refractivity contribution in [1.82, 2.24) is 4.90 Å². The van der Waals surface area contributed by atoms with E-state index in [1.165, 1.54) is 36.4 Å². The molecule has 1 aliphatic heterocycles. The second-order valence-electron chi connectivity index (χ2n) is 4.56. The summed E-state index contributed by atoms with van der Waals surface area (Å²) >= 11 is 0. The second kappa shape index (κ2) is 8.53. The molecule has 1 aromatic carbocycles. The number of hydrogen-bond acceptors (Lipinski definition) is 8. The number of nitroso groups, excluding NO2 is 1. The van der Waals surface area contributed by atoms with E-state index in [0.717, 1.165) is 4.90 Å². The molecule has 0 bridgehead atoms. The Morgan fingerprint density at radius 2 is 1.67 bits per heavy atom. The molecule has 0 atom stereocenters. The standard InChI is InChI=1S/C15H14N2O7/c18-13-5-6-14(19)17(13)7-8-22-9-10-23-15(20)24-12-3-1-11(16-21)2-4-12/h1-6H,7-10H2. The van der Waals surface area contributed by atoms with E-state index < -0.39 is 6.16 Å². The van der Waals surface area contributed by atoms with E-state index in [2.05, 4.69) is 5.18 Å². The molecule has 1 heterocycles. The minimum Gasteiger partial charge on any atom is -0.432 e. The number of carbonyl (C=O) groups is 3. The van der Waals surface area contributed by atoms with Crippen molar-refractivity contribution < 1.29 is 28.6 Å². The van der Waals surface area contributed by atoms with Gasteiger partial charge in [0.25, 0.3) is 11.8 Å². The van der Waals surface area contributed by atoms with Crippen LogP contribution in [0, 0.1) is 4.91 Å². The van der Waals surface area contributed by atoms with Crippen LogP contribution in [0.25, 0.3) is 0 Å². The van der Waals surface area contributed by atoms with Crippen molar-refractivity contribution in [1.29, 1.82) is 0 Å². The van der Waals surface area contributed by atoms with Gasteiger partial charge in [-0.3, -0.25) is 14.5 Å². The minimum absolute atomic E-state index is 0.0487. The summed E-state index contributed by atoms with van der Waals surface area (Å²) < 4.78 is 14.8. The number of carbonyl (C=O) groups excluding carboxylic acids is 3. The lowest BCUT2D eigenvalue weighted by Crippen LogP contribution is -2.33. The van der Waals surface area contributed by atoms with Crippen LogP contribution in [0.4, 0.5) is 10.5 Å². The van der Waals surface area contributed by atoms with Crippen molar-refractivity contribution in [2.24, 2.45) is 5.18 Å². The molecule has 0 saturated heterocycles. The molecule has 0 aromatic heterocycles. The summed E-state index contributed by atoms with van der Waals surface area (Å²) in [6, 6.07) is 5.61. The van der Waals surface area contributed by atoms with Gasteiger partial charge in [0.15, 0.2) is 0 Å². The second-order valence-corrected chi connectivity index (χ2v) is 4.56. The maximum absolute atomic E-state index is 11.4. The molecule has 0 N–H and O–H groups in total. The number of amides is 2. The highest BCUT2D eigenvalue weighted by molar-refractivity contribution is 6.12. The summed E-state index contributed by atoms with van der Waals surface area (Å²) in [6.45, 7) is 0.309. The average molecular weight is 334 g/mol. The quantitative estimate of drug-likeness (QED) is 0.233. The third-order valence-corrected chi connectivity index (χ3v) is 2.95. The van der Waals surface area contributed by atoms with Crippen molar-refractivity contribution in [3.63, 3.8) is 0 Å². The number of rotatable bonds is 8. The van der Waals surface area contributed by atoms with Gasteiger partial charge in [-0.2, -0.15) is 0 Å². The average Bonchev–Trinajstić information content (AvgIpc) is 2.90. The predicted octanol–water partition coefficient (Wildman–Crippen LogP) is 1.54. The molecular weight excluding hydrogens is 320 g/mol. The third kappa shape index (κ3) is 4.99. The Balaban J connectivity index is 1.56. The summed E-state index contributed by atoms with van der Waals surface area (Å²) in [5, 5.41) is 2.72. The molecule has 9 nitrogen and oxygen atoms in total. The van der Waals surface area contributed by atoms with Crippen LogP contribution in [0.15, 0.2) is 41.6 Å². The fourth-order valence-electron chi connectivity index (χ4n) is 1.79. The molecule has 1 aromatic rings. The summed E-state index contributed by atoms with van der Waals surface area (Å²) in [5.74, 6) is -0.537. The Bertz CT molecular complexity index is 636. The molecule has 0 spiro atoms. The Morgan fingerprint density at radius 1 is 1.00 bits per heavy atom. The van der Waals surface area contributed by atoms with Crippen molar-refractivity contribution in [2.75, 3.05) is 26.4 Å². The third-order valence-electron chi connectivity index (χ3n) is 2.95. The molecule has 0 radical (unpaired) electrons. The lowest BCUT2D eigenvalue weighted by atomic mass is 10.3. The van der Waals surface area contributed by atoms with E-state index in [-0.39, 0.29) is 49.6 Å². The van der Waals surface area contributed by atoms with E-state index in [9.17, 15) is 19.3 Å². The Labute approximate surface area is 136 Å². The Hall–Kier alpha value is -3.07. The van der Waals surface area contributed by atoms with Gasteiger partial charge >= 0.3 is 6.16 Å². The highest BCUT2D eigenvalue weighted by Crippen LogP contribution is 2.17. The molecule has 126 valence electrons. The van der Waals surface area contributed by atoms with Gasteiger partial charge in [0.1, 0.15) is 18.0 Å². The summed E-state index contributed by atoms with van der Waals surface area (Å²) in [6.07, 6.45) is 1.47. The van der Waals surface area contributed by atoms with Gasteiger partial charge < -0.3 is 14.2 Å². The fourth-order valence-corrected chi connectivity index (χ4v) is 1.79. The first-order chi connectivity index (χ1) is 11.6. The first-order valence-electron chi connectivity index (χ1n) is 6.99. The van der Waals surface area contributed by atoms with Gasteiger partial charge in [-0.25, -0.2) is 4.79 Å². The summed E-state index contributed by atoms with van der Waals surface area (Å²) in [4.78, 5) is 45.2. The van der Waals surface area contributed by atoms with E-state index in [1.54, 1.807) is 0 Å². The first kappa shape index (κ1) is 17.3. The molecule has 24 heavy (non-hydrogen) atoms. The lowest BCUT2D eigenvalue weighted by Gasteiger charge is -2.13. The van der Waals surface area contributed by atoms with Gasteiger partial charge in [0.2, 0.25) is 0 Å². The van der Waals surface area contributed by atoms with Crippen molar-refractivity contribution in [2.45, 2.75) is 0 Å². The van der Waals surface area contributed by atoms with Gasteiger partial charge in [0.05, 0.1) is 19.8 Å². The Morgan fingerprint density at radius 3 is 2.29 bits per heavy atom. The maximum Gasteiger partial charge on any atom is 0.513 e. The number of benzene rings is 1. The van der Waals surface area contributed by atoms with Crippen molar-refractivity contribution in [3.8, 4) is 5.75 Å². The maximum atomic E-state index is 11.4. The van der Waals surface area contributed by atoms with Crippen LogP contribution in [0.3, 0.4) is 0 Å². The largest absolute Gasteiger partial charge is 0.513 e. The fraction of sp³-hybridized carbons (Fsp3) is 0.267. The highest BCUT2D eigenvalue weighted by atomic mass is 16.7. The minimum atomic E-state index is -0.917. The lowest BCUT2D eigenvalue weighted by molar-refractivity contribution is -0.137. The molecule has 0 fully saturated rings.